The number of rotatable bonds is 4. The van der Waals surface area contributed by atoms with Crippen LogP contribution in [0.1, 0.15) is 50.3 Å². The lowest BCUT2D eigenvalue weighted by Crippen LogP contribution is -2.34. The molecule has 6 nitrogen and oxygen atoms in total. The van der Waals surface area contributed by atoms with E-state index in [0.29, 0.717) is 13.0 Å². The highest BCUT2D eigenvalue weighted by Gasteiger charge is 2.45. The Hall–Kier alpha value is -3.19. The maximum absolute atomic E-state index is 13.7. The van der Waals surface area contributed by atoms with E-state index in [1.807, 2.05) is 0 Å². The van der Waals surface area contributed by atoms with Crippen molar-refractivity contribution in [3.05, 3.63) is 59.7 Å². The maximum Gasteiger partial charge on any atom is 0.335 e. The molecule has 0 saturated carbocycles. The fourth-order valence-electron chi connectivity index (χ4n) is 4.84. The second-order valence-electron chi connectivity index (χ2n) is 8.84. The molecule has 1 saturated heterocycles. The standard InChI is InChI=1S/C24H24FN3O3/c1-13(2)22-21(15-10-24(3,23(29)30)31-12-15)18-9-19-14(11-26-27-19)8-20(18)28(22)17-6-4-16(25)5-7-17/h4-9,11,13,15H,10,12H2,1-3H3,(H,26,27)(H,29,30)/t15?,24-/m0/s1. The van der Waals surface area contributed by atoms with Crippen LogP contribution in [0, 0.1) is 5.82 Å². The van der Waals surface area contributed by atoms with Crippen molar-refractivity contribution in [3.8, 4) is 5.69 Å². The third-order valence-corrected chi connectivity index (χ3v) is 6.34. The second-order valence-corrected chi connectivity index (χ2v) is 8.84. The zero-order chi connectivity index (χ0) is 21.9. The van der Waals surface area contributed by atoms with E-state index in [2.05, 4.69) is 40.7 Å². The van der Waals surface area contributed by atoms with Crippen molar-refractivity contribution < 1.29 is 19.0 Å². The van der Waals surface area contributed by atoms with Crippen LogP contribution in [0.3, 0.4) is 0 Å². The highest BCUT2D eigenvalue weighted by atomic mass is 19.1. The summed E-state index contributed by atoms with van der Waals surface area (Å²) < 4.78 is 21.6. The number of carboxylic acid groups (broad SMARTS) is 1. The van der Waals surface area contributed by atoms with Gasteiger partial charge in [-0.15, -0.1) is 0 Å². The van der Waals surface area contributed by atoms with Gasteiger partial charge >= 0.3 is 5.97 Å². The zero-order valence-electron chi connectivity index (χ0n) is 17.6. The van der Waals surface area contributed by atoms with Gasteiger partial charge in [-0.3, -0.25) is 5.10 Å². The molecule has 0 spiro atoms. The summed E-state index contributed by atoms with van der Waals surface area (Å²) in [4.78, 5) is 11.8. The van der Waals surface area contributed by atoms with Gasteiger partial charge in [0.25, 0.3) is 0 Å². The summed E-state index contributed by atoms with van der Waals surface area (Å²) in [7, 11) is 0. The Morgan fingerprint density at radius 1 is 1.32 bits per heavy atom. The molecule has 4 aromatic rings. The number of hydrogen-bond donors (Lipinski definition) is 2. The Bertz CT molecular complexity index is 1310. The third-order valence-electron chi connectivity index (χ3n) is 6.34. The molecule has 0 radical (unpaired) electrons. The van der Waals surface area contributed by atoms with Gasteiger partial charge in [-0.25, -0.2) is 9.18 Å². The van der Waals surface area contributed by atoms with Gasteiger partial charge in [-0.2, -0.15) is 5.10 Å². The number of nitrogens with one attached hydrogen (secondary N) is 1. The average Bonchev–Trinajstić information content (AvgIpc) is 3.42. The molecule has 1 aliphatic rings. The monoisotopic (exact) mass is 421 g/mol. The van der Waals surface area contributed by atoms with E-state index >= 15 is 0 Å². The number of carboxylic acids is 1. The molecule has 5 rings (SSSR count). The van der Waals surface area contributed by atoms with Crippen LogP contribution in [0.4, 0.5) is 4.39 Å². The number of fused-ring (bicyclic) bond motifs is 2. The molecule has 31 heavy (non-hydrogen) atoms. The maximum atomic E-state index is 13.7. The summed E-state index contributed by atoms with van der Waals surface area (Å²) >= 11 is 0. The van der Waals surface area contributed by atoms with Crippen molar-refractivity contribution in [3.63, 3.8) is 0 Å². The van der Waals surface area contributed by atoms with Gasteiger partial charge in [-0.05, 0) is 61.2 Å². The molecule has 2 atom stereocenters. The molecule has 1 fully saturated rings. The molecule has 160 valence electrons. The Morgan fingerprint density at radius 2 is 2.06 bits per heavy atom. The molecular weight excluding hydrogens is 397 g/mol. The van der Waals surface area contributed by atoms with Gasteiger partial charge in [0.1, 0.15) is 5.82 Å². The number of aromatic amines is 1. The minimum atomic E-state index is -1.21. The number of hydrogen-bond acceptors (Lipinski definition) is 3. The number of halogens is 1. The van der Waals surface area contributed by atoms with E-state index in [1.54, 1.807) is 25.3 Å². The van der Waals surface area contributed by atoms with Crippen molar-refractivity contribution in [1.29, 1.82) is 0 Å². The topological polar surface area (TPSA) is 80.1 Å². The van der Waals surface area contributed by atoms with E-state index in [-0.39, 0.29) is 17.7 Å². The van der Waals surface area contributed by atoms with Crippen LogP contribution in [-0.4, -0.2) is 38.0 Å². The van der Waals surface area contributed by atoms with Crippen molar-refractivity contribution in [2.45, 2.75) is 44.6 Å². The van der Waals surface area contributed by atoms with Crippen LogP contribution in [-0.2, 0) is 9.53 Å². The highest BCUT2D eigenvalue weighted by molar-refractivity contribution is 5.99. The van der Waals surface area contributed by atoms with Crippen molar-refractivity contribution >= 4 is 27.8 Å². The molecule has 3 heterocycles. The van der Waals surface area contributed by atoms with Gasteiger partial charge in [-0.1, -0.05) is 13.8 Å². The molecule has 1 unspecified atom stereocenters. The summed E-state index contributed by atoms with van der Waals surface area (Å²) in [5.74, 6) is -1.15. The summed E-state index contributed by atoms with van der Waals surface area (Å²) in [5, 5.41) is 18.9. The average molecular weight is 421 g/mol. The molecule has 1 aliphatic heterocycles. The summed E-state index contributed by atoms with van der Waals surface area (Å²) in [6, 6.07) is 10.6. The Balaban J connectivity index is 1.82. The lowest BCUT2D eigenvalue weighted by molar-refractivity contribution is -0.157. The first kappa shape index (κ1) is 19.8. The fraction of sp³-hybridized carbons (Fsp3) is 0.333. The van der Waals surface area contributed by atoms with Crippen molar-refractivity contribution in [2.24, 2.45) is 0 Å². The van der Waals surface area contributed by atoms with E-state index in [0.717, 1.165) is 38.8 Å². The number of aromatic nitrogens is 3. The number of ether oxygens (including phenoxy) is 1. The predicted octanol–water partition coefficient (Wildman–Crippen LogP) is 5.12. The quantitative estimate of drug-likeness (QED) is 0.479. The smallest absolute Gasteiger partial charge is 0.335 e. The molecule has 0 amide bonds. The number of carbonyl (C=O) groups is 1. The van der Waals surface area contributed by atoms with Gasteiger partial charge in [0.2, 0.25) is 0 Å². The number of nitrogens with zero attached hydrogens (tertiary/aromatic N) is 2. The van der Waals surface area contributed by atoms with E-state index in [1.165, 1.54) is 12.1 Å². The Labute approximate surface area is 178 Å². The molecule has 0 bridgehead atoms. The van der Waals surface area contributed by atoms with E-state index in [4.69, 9.17) is 4.74 Å². The van der Waals surface area contributed by atoms with Crippen LogP contribution in [0.25, 0.3) is 27.5 Å². The number of aliphatic carboxylic acids is 1. The SMILES string of the molecule is CC(C)c1c(C2CO[C@](C)(C(=O)O)C2)c2cc3[nH]ncc3cc2n1-c1ccc(F)cc1. The minimum absolute atomic E-state index is 0.0666. The predicted molar refractivity (Wildman–Crippen MR) is 116 cm³/mol. The summed E-state index contributed by atoms with van der Waals surface area (Å²) in [6.07, 6.45) is 2.18. The van der Waals surface area contributed by atoms with Gasteiger partial charge in [0.15, 0.2) is 5.60 Å². The number of benzene rings is 2. The lowest BCUT2D eigenvalue weighted by atomic mass is 9.86. The first-order chi connectivity index (χ1) is 14.8. The second kappa shape index (κ2) is 6.92. The van der Waals surface area contributed by atoms with Crippen LogP contribution in [0.15, 0.2) is 42.6 Å². The van der Waals surface area contributed by atoms with Crippen molar-refractivity contribution in [1.82, 2.24) is 14.8 Å². The van der Waals surface area contributed by atoms with Gasteiger partial charge < -0.3 is 14.4 Å². The van der Waals surface area contributed by atoms with Crippen molar-refractivity contribution in [2.75, 3.05) is 6.61 Å². The molecule has 2 aromatic heterocycles. The first-order valence-corrected chi connectivity index (χ1v) is 10.4. The highest BCUT2D eigenvalue weighted by Crippen LogP contribution is 2.45. The first-order valence-electron chi connectivity index (χ1n) is 10.4. The summed E-state index contributed by atoms with van der Waals surface area (Å²) in [5.41, 5.74) is 3.75. The fourth-order valence-corrected chi connectivity index (χ4v) is 4.84. The van der Waals surface area contributed by atoms with Gasteiger partial charge in [0.05, 0.1) is 23.8 Å². The normalized spacial score (nSPS) is 21.5. The Morgan fingerprint density at radius 3 is 2.71 bits per heavy atom. The third kappa shape index (κ3) is 3.03. The van der Waals surface area contributed by atoms with Crippen LogP contribution in [0.2, 0.25) is 0 Å². The molecule has 2 aromatic carbocycles. The molecule has 2 N–H and O–H groups in total. The van der Waals surface area contributed by atoms with Gasteiger partial charge in [0, 0.05) is 28.1 Å². The van der Waals surface area contributed by atoms with E-state index < -0.39 is 11.6 Å². The summed E-state index contributed by atoms with van der Waals surface area (Å²) in [6.45, 7) is 6.22. The van der Waals surface area contributed by atoms with Crippen LogP contribution < -0.4 is 0 Å². The minimum Gasteiger partial charge on any atom is -0.479 e. The van der Waals surface area contributed by atoms with Crippen LogP contribution >= 0.6 is 0 Å². The molecular formula is C24H24FN3O3. The molecule has 7 heteroatoms. The number of H-pyrrole nitrogens is 1. The van der Waals surface area contributed by atoms with Crippen LogP contribution in [0.5, 0.6) is 0 Å². The lowest BCUT2D eigenvalue weighted by Gasteiger charge is -2.19. The largest absolute Gasteiger partial charge is 0.479 e. The Kier molecular flexibility index (Phi) is 4.41. The van der Waals surface area contributed by atoms with E-state index in [9.17, 15) is 14.3 Å². The zero-order valence-corrected chi connectivity index (χ0v) is 17.6. The molecule has 0 aliphatic carbocycles.